The molecule has 0 aliphatic heterocycles. The number of rotatable bonds is 10. The van der Waals surface area contributed by atoms with Crippen LogP contribution in [0.5, 0.6) is 0 Å². The Morgan fingerprint density at radius 2 is 2.00 bits per heavy atom. The van der Waals surface area contributed by atoms with Gasteiger partial charge in [-0.2, -0.15) is 10.4 Å². The number of halogens is 2. The minimum atomic E-state index is -1.70. The monoisotopic (exact) mass is 551 g/mol. The number of nitrogens with zero attached hydrogens (tertiary/aromatic N) is 4. The summed E-state index contributed by atoms with van der Waals surface area (Å²) < 4.78 is 29.8. The van der Waals surface area contributed by atoms with Gasteiger partial charge < -0.3 is 21.1 Å². The van der Waals surface area contributed by atoms with Crippen LogP contribution in [-0.2, 0) is 4.79 Å². The molecule has 2 aliphatic carbocycles. The molecule has 2 amide bonds. The van der Waals surface area contributed by atoms with Crippen molar-refractivity contribution in [3.05, 3.63) is 47.8 Å². The van der Waals surface area contributed by atoms with Crippen LogP contribution in [0, 0.1) is 17.2 Å². The number of nitrogens with one attached hydrogen (secondary N) is 3. The van der Waals surface area contributed by atoms with Crippen LogP contribution in [0.1, 0.15) is 55.5 Å². The number of alkyl halides is 2. The van der Waals surface area contributed by atoms with Gasteiger partial charge in [0.25, 0.3) is 11.8 Å². The number of carbonyl (C=O) groups is 2. The number of hydrogen-bond donors (Lipinski definition) is 4. The van der Waals surface area contributed by atoms with Crippen molar-refractivity contribution >= 4 is 23.0 Å². The molecule has 3 heterocycles. The number of aromatic nitrogens is 3. The quantitative estimate of drug-likeness (QED) is 0.303. The number of carbonyl (C=O) groups excluding carboxylic acids is 2. The summed E-state index contributed by atoms with van der Waals surface area (Å²) in [5.74, 6) is -0.922. The lowest BCUT2D eigenvalue weighted by atomic mass is 9.80. The fourth-order valence-corrected chi connectivity index (χ4v) is 4.65. The van der Waals surface area contributed by atoms with Crippen LogP contribution in [0.4, 0.5) is 14.5 Å². The maximum absolute atomic E-state index is 14.3. The Morgan fingerprint density at radius 1 is 1.25 bits per heavy atom. The number of fused-ring (bicyclic) bond motifs is 1. The van der Waals surface area contributed by atoms with Gasteiger partial charge in [0.15, 0.2) is 5.67 Å². The van der Waals surface area contributed by atoms with Crippen molar-refractivity contribution in [3.63, 3.8) is 0 Å². The van der Waals surface area contributed by atoms with Crippen LogP contribution in [0.25, 0.3) is 16.9 Å². The lowest BCUT2D eigenvalue weighted by molar-refractivity contribution is -0.127. The van der Waals surface area contributed by atoms with Crippen LogP contribution >= 0.6 is 0 Å². The number of nitriles is 1. The molecular weight excluding hydrogens is 520 g/mol. The van der Waals surface area contributed by atoms with Crippen LogP contribution in [0.15, 0.2) is 36.7 Å². The van der Waals surface area contributed by atoms with E-state index >= 15 is 0 Å². The minimum Gasteiger partial charge on any atom is -0.387 e. The van der Waals surface area contributed by atoms with Gasteiger partial charge in [-0.05, 0) is 69.7 Å². The smallest absolute Gasteiger partial charge is 0.257 e. The highest BCUT2D eigenvalue weighted by Gasteiger charge is 2.51. The van der Waals surface area contributed by atoms with Crippen molar-refractivity contribution in [1.29, 1.82) is 5.26 Å². The van der Waals surface area contributed by atoms with Gasteiger partial charge in [-0.1, -0.05) is 0 Å². The largest absolute Gasteiger partial charge is 0.387 e. The Morgan fingerprint density at radius 3 is 2.67 bits per heavy atom. The second-order valence-corrected chi connectivity index (χ2v) is 11.2. The maximum atomic E-state index is 14.3. The van der Waals surface area contributed by atoms with E-state index < -0.39 is 29.3 Å². The van der Waals surface area contributed by atoms with E-state index in [1.807, 2.05) is 12.1 Å². The molecular formula is C28H31F2N7O3. The molecule has 12 heteroatoms. The molecule has 2 fully saturated rings. The van der Waals surface area contributed by atoms with Gasteiger partial charge in [0.1, 0.15) is 12.2 Å². The summed E-state index contributed by atoms with van der Waals surface area (Å²) >= 11 is 0. The van der Waals surface area contributed by atoms with Crippen molar-refractivity contribution in [2.75, 3.05) is 18.4 Å². The van der Waals surface area contributed by atoms with E-state index in [-0.39, 0.29) is 36.9 Å². The van der Waals surface area contributed by atoms with Crippen LogP contribution in [-0.4, -0.2) is 68.1 Å². The average molecular weight is 552 g/mol. The molecule has 2 aliphatic rings. The first-order valence-corrected chi connectivity index (χ1v) is 13.2. The van der Waals surface area contributed by atoms with Gasteiger partial charge in [0.05, 0.1) is 52.1 Å². The Balaban J connectivity index is 1.33. The predicted octanol–water partition coefficient (Wildman–Crippen LogP) is 2.92. The Kier molecular flexibility index (Phi) is 7.18. The summed E-state index contributed by atoms with van der Waals surface area (Å²) in [6, 6.07) is 9.10. The third kappa shape index (κ3) is 5.74. The fourth-order valence-electron chi connectivity index (χ4n) is 4.65. The zero-order chi connectivity index (χ0) is 28.7. The average Bonchev–Trinajstić information content (AvgIpc) is 3.52. The summed E-state index contributed by atoms with van der Waals surface area (Å²) in [5, 5.41) is 32.0. The number of aliphatic hydroxyl groups is 1. The fraction of sp³-hybridized carbons (Fsp3) is 0.464. The zero-order valence-electron chi connectivity index (χ0n) is 22.2. The molecule has 0 unspecified atom stereocenters. The van der Waals surface area contributed by atoms with E-state index in [1.165, 1.54) is 26.2 Å². The molecule has 0 spiro atoms. The van der Waals surface area contributed by atoms with Crippen molar-refractivity contribution in [1.82, 2.24) is 25.2 Å². The SMILES string of the molecule is CC(C)(O)[C@H](F)CNC(=O)c1cnc(-c2ccc3cc(C#N)cnn23)cc1NC1CC(CNC(=O)C2(F)CC2)C1. The Hall–Kier alpha value is -4.11. The number of anilines is 1. The standard InChI is InChI=1S/C28H31F2N7O3/c1-27(2,40)24(29)15-33-25(38)20-14-32-22(23-4-3-19-9-17(11-31)13-35-37(19)23)10-21(20)36-18-7-16(8-18)12-34-26(39)28(30)5-6-28/h3-4,9-10,13-14,16,18,24,40H,5-8,12,15H2,1-2H3,(H,32,36)(H,33,38)(H,34,39)/t16?,18?,24-/m1/s1. The van der Waals surface area contributed by atoms with Gasteiger partial charge in [0, 0.05) is 18.8 Å². The van der Waals surface area contributed by atoms with Crippen molar-refractivity contribution < 1.29 is 23.5 Å². The van der Waals surface area contributed by atoms with Crippen LogP contribution in [0.3, 0.4) is 0 Å². The molecule has 3 aromatic heterocycles. The molecule has 3 aromatic rings. The molecule has 0 aromatic carbocycles. The lowest BCUT2D eigenvalue weighted by Crippen LogP contribution is -2.44. The first kappa shape index (κ1) is 27.5. The number of pyridine rings is 1. The van der Waals surface area contributed by atoms with Gasteiger partial charge in [0.2, 0.25) is 0 Å². The normalized spacial score (nSPS) is 20.2. The summed E-state index contributed by atoms with van der Waals surface area (Å²) in [6.07, 6.45) is 3.14. The van der Waals surface area contributed by atoms with E-state index in [2.05, 4.69) is 32.1 Å². The van der Waals surface area contributed by atoms with Crippen LogP contribution in [0.2, 0.25) is 0 Å². The molecule has 0 saturated heterocycles. The van der Waals surface area contributed by atoms with Gasteiger partial charge in [-0.25, -0.2) is 13.3 Å². The van der Waals surface area contributed by atoms with Gasteiger partial charge in [-0.3, -0.25) is 14.6 Å². The van der Waals surface area contributed by atoms with E-state index in [0.717, 1.165) is 0 Å². The second-order valence-electron chi connectivity index (χ2n) is 11.2. The highest BCUT2D eigenvalue weighted by molar-refractivity contribution is 6.00. The molecule has 4 N–H and O–H groups in total. The maximum Gasteiger partial charge on any atom is 0.257 e. The third-order valence-corrected chi connectivity index (χ3v) is 7.49. The summed E-state index contributed by atoms with van der Waals surface area (Å²) in [7, 11) is 0. The summed E-state index contributed by atoms with van der Waals surface area (Å²) in [4.78, 5) is 29.4. The van der Waals surface area contributed by atoms with Gasteiger partial charge in [-0.15, -0.1) is 0 Å². The van der Waals surface area contributed by atoms with Gasteiger partial charge >= 0.3 is 0 Å². The minimum absolute atomic E-state index is 0.00497. The second kappa shape index (κ2) is 10.5. The highest BCUT2D eigenvalue weighted by atomic mass is 19.1. The van der Waals surface area contributed by atoms with Crippen molar-refractivity contribution in [3.8, 4) is 17.5 Å². The number of hydrogen-bond acceptors (Lipinski definition) is 7. The predicted molar refractivity (Wildman–Crippen MR) is 143 cm³/mol. The molecule has 1 atom stereocenters. The molecule has 5 rings (SSSR count). The third-order valence-electron chi connectivity index (χ3n) is 7.49. The van der Waals surface area contributed by atoms with E-state index in [4.69, 9.17) is 5.26 Å². The number of amides is 2. The van der Waals surface area contributed by atoms with Crippen LogP contribution < -0.4 is 16.0 Å². The van der Waals surface area contributed by atoms with E-state index in [9.17, 15) is 23.5 Å². The molecule has 0 bridgehead atoms. The summed E-state index contributed by atoms with van der Waals surface area (Å²) in [5.41, 5.74) is -0.316. The molecule has 210 valence electrons. The molecule has 0 radical (unpaired) electrons. The molecule has 10 nitrogen and oxygen atoms in total. The van der Waals surface area contributed by atoms with E-state index in [1.54, 1.807) is 16.6 Å². The van der Waals surface area contributed by atoms with E-state index in [0.29, 0.717) is 47.5 Å². The van der Waals surface area contributed by atoms with Crippen molar-refractivity contribution in [2.24, 2.45) is 5.92 Å². The Labute approximate surface area is 229 Å². The first-order valence-electron chi connectivity index (χ1n) is 13.2. The first-order chi connectivity index (χ1) is 19.0. The zero-order valence-corrected chi connectivity index (χ0v) is 22.2. The summed E-state index contributed by atoms with van der Waals surface area (Å²) in [6.45, 7) is 2.67. The van der Waals surface area contributed by atoms with Crippen molar-refractivity contribution in [2.45, 2.75) is 63.0 Å². The molecule has 40 heavy (non-hydrogen) atoms. The Bertz CT molecular complexity index is 1480. The molecule has 2 saturated carbocycles. The topological polar surface area (TPSA) is 144 Å². The highest BCUT2D eigenvalue weighted by Crippen LogP contribution is 2.40. The lowest BCUT2D eigenvalue weighted by Gasteiger charge is -2.37.